The zero-order chi connectivity index (χ0) is 21.2. The lowest BCUT2D eigenvalue weighted by Gasteiger charge is -2.34. The molecule has 2 aromatic rings. The van der Waals surface area contributed by atoms with Crippen molar-refractivity contribution in [3.63, 3.8) is 0 Å². The predicted octanol–water partition coefficient (Wildman–Crippen LogP) is 2.05. The molecule has 0 radical (unpaired) electrons. The first-order valence-corrected chi connectivity index (χ1v) is 12.0. The molecule has 164 valence electrons. The van der Waals surface area contributed by atoms with Crippen LogP contribution in [0, 0.1) is 0 Å². The van der Waals surface area contributed by atoms with Gasteiger partial charge in [-0.15, -0.1) is 22.7 Å². The van der Waals surface area contributed by atoms with Gasteiger partial charge in [0.15, 0.2) is 5.96 Å². The van der Waals surface area contributed by atoms with Crippen LogP contribution in [-0.2, 0) is 16.0 Å². The van der Waals surface area contributed by atoms with Gasteiger partial charge in [-0.2, -0.15) is 0 Å². The number of nitrogens with zero attached hydrogens (tertiary/aromatic N) is 3. The molecule has 0 aliphatic carbocycles. The number of amides is 1. The van der Waals surface area contributed by atoms with Crippen LogP contribution >= 0.6 is 22.7 Å². The molecule has 1 unspecified atom stereocenters. The van der Waals surface area contributed by atoms with E-state index in [2.05, 4.69) is 55.6 Å². The van der Waals surface area contributed by atoms with Gasteiger partial charge in [0.05, 0.1) is 19.3 Å². The molecule has 1 aliphatic rings. The molecule has 1 fully saturated rings. The molecule has 0 saturated carbocycles. The number of carbonyl (C=O) groups is 1. The van der Waals surface area contributed by atoms with Gasteiger partial charge in [0.25, 0.3) is 0 Å². The number of rotatable bonds is 9. The van der Waals surface area contributed by atoms with Crippen LogP contribution in [0.3, 0.4) is 0 Å². The maximum absolute atomic E-state index is 12.0. The van der Waals surface area contributed by atoms with E-state index in [0.29, 0.717) is 5.96 Å². The lowest BCUT2D eigenvalue weighted by atomic mass is 10.2. The summed E-state index contributed by atoms with van der Waals surface area (Å²) in [6.07, 6.45) is 0.928. The molecule has 2 aromatic heterocycles. The van der Waals surface area contributed by atoms with Gasteiger partial charge in [-0.3, -0.25) is 9.69 Å². The van der Waals surface area contributed by atoms with E-state index in [-0.39, 0.29) is 18.5 Å². The second-order valence-corrected chi connectivity index (χ2v) is 9.28. The van der Waals surface area contributed by atoms with Crippen molar-refractivity contribution in [1.82, 2.24) is 20.4 Å². The Hall–Kier alpha value is -1.94. The minimum atomic E-state index is -0.0163. The summed E-state index contributed by atoms with van der Waals surface area (Å²) in [6, 6.07) is 8.73. The lowest BCUT2D eigenvalue weighted by molar-refractivity contribution is -0.127. The third-order valence-electron chi connectivity index (χ3n) is 4.94. The maximum atomic E-state index is 12.0. The number of hydrogen-bond acceptors (Lipinski definition) is 6. The molecule has 0 spiro atoms. The molecule has 1 amide bonds. The molecule has 0 aromatic carbocycles. The number of aliphatic imine (C=N–C) groups is 1. The number of morpholine rings is 1. The van der Waals surface area contributed by atoms with Gasteiger partial charge in [-0.05, 0) is 29.3 Å². The molecular weight excluding hydrogens is 418 g/mol. The molecule has 2 N–H and O–H groups in total. The third kappa shape index (κ3) is 7.09. The maximum Gasteiger partial charge on any atom is 0.243 e. The molecule has 9 heteroatoms. The van der Waals surface area contributed by atoms with E-state index >= 15 is 0 Å². The summed E-state index contributed by atoms with van der Waals surface area (Å²) in [5, 5.41) is 11.1. The lowest BCUT2D eigenvalue weighted by Crippen LogP contribution is -2.46. The van der Waals surface area contributed by atoms with E-state index in [0.717, 1.165) is 45.8 Å². The van der Waals surface area contributed by atoms with Gasteiger partial charge in [0.1, 0.15) is 6.54 Å². The van der Waals surface area contributed by atoms with Gasteiger partial charge >= 0.3 is 0 Å². The normalized spacial score (nSPS) is 16.3. The molecular formula is C21H31N5O2S2. The van der Waals surface area contributed by atoms with Crippen molar-refractivity contribution < 1.29 is 9.53 Å². The van der Waals surface area contributed by atoms with Gasteiger partial charge in [0, 0.05) is 50.0 Å². The van der Waals surface area contributed by atoms with Crippen molar-refractivity contribution >= 4 is 34.5 Å². The molecule has 1 saturated heterocycles. The first-order valence-electron chi connectivity index (χ1n) is 10.2. The molecule has 1 atom stereocenters. The average Bonchev–Trinajstić information content (AvgIpc) is 3.46. The number of hydrogen-bond donors (Lipinski definition) is 2. The second-order valence-electron chi connectivity index (χ2n) is 7.27. The van der Waals surface area contributed by atoms with E-state index in [9.17, 15) is 4.79 Å². The van der Waals surface area contributed by atoms with E-state index in [4.69, 9.17) is 4.74 Å². The molecule has 0 bridgehead atoms. The van der Waals surface area contributed by atoms with E-state index in [1.54, 1.807) is 41.7 Å². The molecule has 3 rings (SSSR count). The van der Waals surface area contributed by atoms with E-state index in [1.165, 1.54) is 9.75 Å². The van der Waals surface area contributed by atoms with Crippen LogP contribution in [0.25, 0.3) is 0 Å². The smallest absolute Gasteiger partial charge is 0.243 e. The quantitative estimate of drug-likeness (QED) is 0.453. The number of ether oxygens (including phenoxy) is 1. The van der Waals surface area contributed by atoms with Crippen LogP contribution < -0.4 is 10.6 Å². The third-order valence-corrected chi connectivity index (χ3v) is 6.85. The van der Waals surface area contributed by atoms with Gasteiger partial charge < -0.3 is 20.3 Å². The second kappa shape index (κ2) is 12.0. The first kappa shape index (κ1) is 22.7. The number of nitrogens with one attached hydrogen (secondary N) is 2. The van der Waals surface area contributed by atoms with Gasteiger partial charge in [0.2, 0.25) is 5.91 Å². The highest BCUT2D eigenvalue weighted by Crippen LogP contribution is 2.25. The van der Waals surface area contributed by atoms with Crippen LogP contribution in [0.2, 0.25) is 0 Å². The first-order chi connectivity index (χ1) is 14.6. The van der Waals surface area contributed by atoms with Crippen LogP contribution in [0.5, 0.6) is 0 Å². The summed E-state index contributed by atoms with van der Waals surface area (Å²) >= 11 is 3.53. The summed E-state index contributed by atoms with van der Waals surface area (Å²) in [5.74, 6) is 0.661. The highest BCUT2D eigenvalue weighted by atomic mass is 32.1. The summed E-state index contributed by atoms with van der Waals surface area (Å²) in [5.41, 5.74) is 0. The molecule has 3 heterocycles. The van der Waals surface area contributed by atoms with Crippen LogP contribution in [0.4, 0.5) is 0 Å². The zero-order valence-electron chi connectivity index (χ0n) is 17.7. The van der Waals surface area contributed by atoms with Crippen molar-refractivity contribution in [3.8, 4) is 0 Å². The highest BCUT2D eigenvalue weighted by molar-refractivity contribution is 7.10. The number of carbonyl (C=O) groups excluding carboxylic acids is 1. The molecule has 30 heavy (non-hydrogen) atoms. The molecule has 7 nitrogen and oxygen atoms in total. The Kier molecular flexibility index (Phi) is 9.13. The van der Waals surface area contributed by atoms with Gasteiger partial charge in [-0.1, -0.05) is 12.1 Å². The Morgan fingerprint density at radius 2 is 1.97 bits per heavy atom. The van der Waals surface area contributed by atoms with E-state index < -0.39 is 0 Å². The van der Waals surface area contributed by atoms with Crippen LogP contribution in [-0.4, -0.2) is 81.7 Å². The predicted molar refractivity (Wildman–Crippen MR) is 124 cm³/mol. The number of likely N-dealkylation sites (N-methyl/N-ethyl adjacent to an activating group) is 1. The summed E-state index contributed by atoms with van der Waals surface area (Å²) in [4.78, 5) is 23.2. The van der Waals surface area contributed by atoms with Crippen molar-refractivity contribution in [3.05, 3.63) is 44.8 Å². The fraction of sp³-hybridized carbons (Fsp3) is 0.524. The Morgan fingerprint density at radius 1 is 1.20 bits per heavy atom. The highest BCUT2D eigenvalue weighted by Gasteiger charge is 2.23. The standard InChI is InChI=1S/C21H31N5O2S2/c1-25(2)20(27)16-24-21(22-8-7-17-5-3-13-29-17)23-15-18(19-6-4-14-30-19)26-9-11-28-12-10-26/h3-6,13-14,18H,7-12,15-16H2,1-2H3,(H2,22,23,24). The fourth-order valence-electron chi connectivity index (χ4n) is 3.19. The Morgan fingerprint density at radius 3 is 2.63 bits per heavy atom. The average molecular weight is 450 g/mol. The largest absolute Gasteiger partial charge is 0.379 e. The summed E-state index contributed by atoms with van der Waals surface area (Å²) < 4.78 is 5.53. The SMILES string of the molecule is CN(C)C(=O)CN=C(NCCc1cccs1)NCC(c1cccs1)N1CCOCC1. The Bertz CT molecular complexity index is 771. The van der Waals surface area contributed by atoms with E-state index in [1.807, 2.05) is 0 Å². The van der Waals surface area contributed by atoms with Crippen molar-refractivity contribution in [2.45, 2.75) is 12.5 Å². The van der Waals surface area contributed by atoms with Crippen LogP contribution in [0.1, 0.15) is 15.8 Å². The topological polar surface area (TPSA) is 69.2 Å². The van der Waals surface area contributed by atoms with Crippen LogP contribution in [0.15, 0.2) is 40.0 Å². The zero-order valence-corrected chi connectivity index (χ0v) is 19.3. The fourth-order valence-corrected chi connectivity index (χ4v) is 4.76. The summed E-state index contributed by atoms with van der Waals surface area (Å²) in [7, 11) is 3.50. The minimum absolute atomic E-state index is 0.0163. The monoisotopic (exact) mass is 449 g/mol. The Labute approximate surface area is 186 Å². The number of thiophene rings is 2. The Balaban J connectivity index is 1.62. The number of guanidine groups is 1. The van der Waals surface area contributed by atoms with Crippen molar-refractivity contribution in [1.29, 1.82) is 0 Å². The van der Waals surface area contributed by atoms with Crippen molar-refractivity contribution in [2.24, 2.45) is 4.99 Å². The summed E-state index contributed by atoms with van der Waals surface area (Å²) in [6.45, 7) is 4.98. The van der Waals surface area contributed by atoms with Crippen molar-refractivity contribution in [2.75, 3.05) is 60.0 Å². The van der Waals surface area contributed by atoms with Gasteiger partial charge in [-0.25, -0.2) is 4.99 Å². The minimum Gasteiger partial charge on any atom is -0.379 e. The molecule has 1 aliphatic heterocycles.